The highest BCUT2D eigenvalue weighted by molar-refractivity contribution is 5.11. The third-order valence-corrected chi connectivity index (χ3v) is 5.26. The van der Waals surface area contributed by atoms with Crippen molar-refractivity contribution in [1.29, 1.82) is 0 Å². The second kappa shape index (κ2) is 4.10. The molecule has 0 aromatic heterocycles. The zero-order valence-corrected chi connectivity index (χ0v) is 11.4. The number of aliphatic hydroxyl groups excluding tert-OH is 1. The minimum atomic E-state index is -0.722. The van der Waals surface area contributed by atoms with Gasteiger partial charge in [0.2, 0.25) is 0 Å². The van der Waals surface area contributed by atoms with Crippen molar-refractivity contribution in [2.75, 3.05) is 0 Å². The number of rotatable bonds is 1. The van der Waals surface area contributed by atoms with Gasteiger partial charge in [-0.1, -0.05) is 25.5 Å². The molecule has 2 aliphatic carbocycles. The maximum atomic E-state index is 10.6. The van der Waals surface area contributed by atoms with Crippen molar-refractivity contribution in [1.82, 2.24) is 0 Å². The maximum absolute atomic E-state index is 10.6. The van der Waals surface area contributed by atoms with Crippen molar-refractivity contribution < 1.29 is 10.2 Å². The van der Waals surface area contributed by atoms with E-state index < -0.39 is 11.7 Å². The highest BCUT2D eigenvalue weighted by atomic mass is 16.3. The molecular weight excluding hydrogens is 212 g/mol. The lowest BCUT2D eigenvalue weighted by Crippen LogP contribution is -2.58. The van der Waals surface area contributed by atoms with Crippen LogP contribution in [0.1, 0.15) is 52.9 Å². The lowest BCUT2D eigenvalue weighted by atomic mass is 9.52. The predicted octanol–water partition coefficient (Wildman–Crippen LogP) is 2.89. The van der Waals surface area contributed by atoms with E-state index in [1.165, 1.54) is 0 Å². The molecule has 2 rings (SSSR count). The van der Waals surface area contributed by atoms with Gasteiger partial charge in [0.05, 0.1) is 11.7 Å². The molecule has 2 saturated carbocycles. The van der Waals surface area contributed by atoms with Crippen LogP contribution < -0.4 is 0 Å². The standard InChI is InChI=1S/C15H26O2/c1-10(2)11-6-9-14(3)7-5-8-15(4,17)13(14)12(11)16/h11-13,16-17H,1,5-9H2,2-4H3/t11-,12-,13+,14+,15+/m0/s1. The number of aliphatic hydroxyl groups is 2. The molecule has 0 bridgehead atoms. The topological polar surface area (TPSA) is 40.5 Å². The van der Waals surface area contributed by atoms with Gasteiger partial charge < -0.3 is 10.2 Å². The van der Waals surface area contributed by atoms with Crippen molar-refractivity contribution in [2.24, 2.45) is 17.3 Å². The Hall–Kier alpha value is -0.340. The van der Waals surface area contributed by atoms with Crippen molar-refractivity contribution in [3.8, 4) is 0 Å². The van der Waals surface area contributed by atoms with E-state index in [0.717, 1.165) is 37.7 Å². The first-order valence-corrected chi connectivity index (χ1v) is 6.84. The van der Waals surface area contributed by atoms with E-state index in [2.05, 4.69) is 13.5 Å². The fraction of sp³-hybridized carbons (Fsp3) is 0.867. The zero-order chi connectivity index (χ0) is 12.8. The van der Waals surface area contributed by atoms with Gasteiger partial charge in [-0.25, -0.2) is 0 Å². The Balaban J connectivity index is 2.32. The van der Waals surface area contributed by atoms with E-state index in [4.69, 9.17) is 0 Å². The van der Waals surface area contributed by atoms with E-state index in [1.807, 2.05) is 13.8 Å². The first-order chi connectivity index (χ1) is 7.78. The Morgan fingerprint density at radius 1 is 1.24 bits per heavy atom. The number of hydrogen-bond acceptors (Lipinski definition) is 2. The summed E-state index contributed by atoms with van der Waals surface area (Å²) in [5.41, 5.74) is 0.439. The first kappa shape index (κ1) is 13.1. The van der Waals surface area contributed by atoms with Crippen molar-refractivity contribution in [3.63, 3.8) is 0 Å². The third-order valence-electron chi connectivity index (χ3n) is 5.26. The average Bonchev–Trinajstić information content (AvgIpc) is 2.14. The van der Waals surface area contributed by atoms with Gasteiger partial charge in [-0.2, -0.15) is 0 Å². The molecule has 2 heteroatoms. The van der Waals surface area contributed by atoms with Gasteiger partial charge in [-0.3, -0.25) is 0 Å². The zero-order valence-electron chi connectivity index (χ0n) is 11.4. The number of fused-ring (bicyclic) bond motifs is 1. The summed E-state index contributed by atoms with van der Waals surface area (Å²) in [5, 5.41) is 21.2. The molecule has 5 atom stereocenters. The molecule has 0 aromatic carbocycles. The van der Waals surface area contributed by atoms with Crippen LogP contribution in [0.4, 0.5) is 0 Å². The lowest BCUT2D eigenvalue weighted by Gasteiger charge is -2.56. The Morgan fingerprint density at radius 2 is 1.88 bits per heavy atom. The van der Waals surface area contributed by atoms with Crippen LogP contribution in [0.3, 0.4) is 0 Å². The minimum absolute atomic E-state index is 0.000741. The third kappa shape index (κ3) is 2.06. The van der Waals surface area contributed by atoms with Crippen molar-refractivity contribution in [2.45, 2.75) is 64.6 Å². The van der Waals surface area contributed by atoms with Gasteiger partial charge in [0, 0.05) is 11.8 Å². The Kier molecular flexibility index (Phi) is 3.16. The van der Waals surface area contributed by atoms with Gasteiger partial charge in [-0.05, 0) is 44.9 Å². The SMILES string of the molecule is C=C(C)[C@@H]1CC[C@@]2(C)CCC[C@@](C)(O)[C@@H]2[C@H]1O. The highest BCUT2D eigenvalue weighted by Crippen LogP contribution is 2.56. The Labute approximate surface area is 105 Å². The summed E-state index contributed by atoms with van der Waals surface area (Å²) >= 11 is 0. The van der Waals surface area contributed by atoms with Gasteiger partial charge in [0.15, 0.2) is 0 Å². The first-order valence-electron chi connectivity index (χ1n) is 6.84. The molecule has 0 unspecified atom stereocenters. The molecule has 0 aliphatic heterocycles. The molecule has 0 radical (unpaired) electrons. The molecule has 0 saturated heterocycles. The molecule has 98 valence electrons. The highest BCUT2D eigenvalue weighted by Gasteiger charge is 2.55. The second-order valence-corrected chi connectivity index (χ2v) is 6.82. The molecule has 0 amide bonds. The fourth-order valence-corrected chi connectivity index (χ4v) is 4.40. The van der Waals surface area contributed by atoms with Crippen LogP contribution in [0.25, 0.3) is 0 Å². The van der Waals surface area contributed by atoms with Crippen LogP contribution >= 0.6 is 0 Å². The molecule has 2 fully saturated rings. The number of hydrogen-bond donors (Lipinski definition) is 2. The molecule has 2 nitrogen and oxygen atoms in total. The summed E-state index contributed by atoms with van der Waals surface area (Å²) in [6, 6.07) is 0. The molecule has 0 heterocycles. The summed E-state index contributed by atoms with van der Waals surface area (Å²) in [4.78, 5) is 0. The van der Waals surface area contributed by atoms with Crippen LogP contribution in [0, 0.1) is 17.3 Å². The van der Waals surface area contributed by atoms with Crippen LogP contribution in [0.2, 0.25) is 0 Å². The fourth-order valence-electron chi connectivity index (χ4n) is 4.40. The van der Waals surface area contributed by atoms with Crippen LogP contribution in [0.15, 0.2) is 12.2 Å². The van der Waals surface area contributed by atoms with E-state index in [-0.39, 0.29) is 17.3 Å². The Morgan fingerprint density at radius 3 is 2.47 bits per heavy atom. The summed E-state index contributed by atoms with van der Waals surface area (Å²) in [6.07, 6.45) is 4.70. The summed E-state index contributed by atoms with van der Waals surface area (Å²) in [7, 11) is 0. The largest absolute Gasteiger partial charge is 0.392 e. The molecule has 2 N–H and O–H groups in total. The van der Waals surface area contributed by atoms with E-state index in [0.29, 0.717) is 0 Å². The normalized spacial score (nSPS) is 50.8. The van der Waals surface area contributed by atoms with E-state index in [9.17, 15) is 10.2 Å². The monoisotopic (exact) mass is 238 g/mol. The van der Waals surface area contributed by atoms with Crippen LogP contribution in [-0.4, -0.2) is 21.9 Å². The van der Waals surface area contributed by atoms with E-state index >= 15 is 0 Å². The van der Waals surface area contributed by atoms with E-state index in [1.54, 1.807) is 0 Å². The molecule has 0 spiro atoms. The quantitative estimate of drug-likeness (QED) is 0.690. The predicted molar refractivity (Wildman–Crippen MR) is 69.6 cm³/mol. The minimum Gasteiger partial charge on any atom is -0.392 e. The van der Waals surface area contributed by atoms with Crippen LogP contribution in [-0.2, 0) is 0 Å². The smallest absolute Gasteiger partial charge is 0.0677 e. The molecular formula is C15H26O2. The summed E-state index contributed by atoms with van der Waals surface area (Å²) in [5.74, 6) is 0.164. The van der Waals surface area contributed by atoms with Crippen molar-refractivity contribution >= 4 is 0 Å². The van der Waals surface area contributed by atoms with Crippen LogP contribution in [0.5, 0.6) is 0 Å². The summed E-state index contributed by atoms with van der Waals surface area (Å²) < 4.78 is 0. The Bertz CT molecular complexity index is 321. The molecule has 2 aliphatic rings. The molecule has 17 heavy (non-hydrogen) atoms. The van der Waals surface area contributed by atoms with Gasteiger partial charge in [0.1, 0.15) is 0 Å². The molecule has 0 aromatic rings. The summed E-state index contributed by atoms with van der Waals surface area (Å²) in [6.45, 7) is 10.1. The van der Waals surface area contributed by atoms with Gasteiger partial charge >= 0.3 is 0 Å². The van der Waals surface area contributed by atoms with Gasteiger partial charge in [-0.15, -0.1) is 0 Å². The van der Waals surface area contributed by atoms with Gasteiger partial charge in [0.25, 0.3) is 0 Å². The second-order valence-electron chi connectivity index (χ2n) is 6.82. The average molecular weight is 238 g/mol. The lowest BCUT2D eigenvalue weighted by molar-refractivity contribution is -0.174. The maximum Gasteiger partial charge on any atom is 0.0677 e. The van der Waals surface area contributed by atoms with Crippen molar-refractivity contribution in [3.05, 3.63) is 12.2 Å².